The number of fused-ring (bicyclic) bond motifs is 2. The highest BCUT2D eigenvalue weighted by molar-refractivity contribution is 6.05. The summed E-state index contributed by atoms with van der Waals surface area (Å²) in [6, 6.07) is 13.1. The van der Waals surface area contributed by atoms with E-state index in [9.17, 15) is 24.6 Å². The van der Waals surface area contributed by atoms with Gasteiger partial charge in [0.2, 0.25) is 11.8 Å². The number of aliphatic hydroxyl groups excluding tert-OH is 1. The summed E-state index contributed by atoms with van der Waals surface area (Å²) in [6.07, 6.45) is 2.81. The lowest BCUT2D eigenvalue weighted by molar-refractivity contribution is -0.136. The average Bonchev–Trinajstić information content (AvgIpc) is 3.20. The van der Waals surface area contributed by atoms with Gasteiger partial charge in [0.15, 0.2) is 0 Å². The Morgan fingerprint density at radius 1 is 0.944 bits per heavy atom. The van der Waals surface area contributed by atoms with E-state index in [1.807, 2.05) is 24.3 Å². The minimum Gasteiger partial charge on any atom is -0.391 e. The number of carbonyl (C=O) groups is 3. The number of aliphatic hydroxyl groups is 2. The molecule has 2 aromatic rings. The van der Waals surface area contributed by atoms with Crippen molar-refractivity contribution in [2.75, 3.05) is 13.1 Å². The number of benzene rings is 2. The molecule has 0 bridgehead atoms. The Balaban J connectivity index is 1.18. The largest absolute Gasteiger partial charge is 0.391 e. The normalized spacial score (nSPS) is 28.0. The maximum atomic E-state index is 13.0. The van der Waals surface area contributed by atoms with E-state index in [-0.39, 0.29) is 24.3 Å². The van der Waals surface area contributed by atoms with Gasteiger partial charge in [0.25, 0.3) is 5.91 Å². The summed E-state index contributed by atoms with van der Waals surface area (Å²) in [5.41, 5.74) is 3.59. The number of nitrogens with zero attached hydrogens (tertiary/aromatic N) is 2. The number of hydrogen-bond donors (Lipinski definition) is 3. The third kappa shape index (κ3) is 3.84. The summed E-state index contributed by atoms with van der Waals surface area (Å²) in [5, 5.41) is 24.8. The molecule has 3 aliphatic heterocycles. The molecule has 2 aromatic carbocycles. The van der Waals surface area contributed by atoms with Gasteiger partial charge in [-0.15, -0.1) is 0 Å². The molecule has 1 unspecified atom stereocenters. The van der Waals surface area contributed by atoms with Gasteiger partial charge in [0.05, 0.1) is 17.7 Å². The molecule has 3 atom stereocenters. The molecule has 188 valence electrons. The first-order valence-corrected chi connectivity index (χ1v) is 12.8. The predicted molar refractivity (Wildman–Crippen MR) is 131 cm³/mol. The molecule has 0 saturated carbocycles. The number of piperidine rings is 2. The zero-order valence-corrected chi connectivity index (χ0v) is 20.2. The molecule has 4 aliphatic rings. The van der Waals surface area contributed by atoms with E-state index in [1.54, 1.807) is 6.07 Å². The molecule has 6 rings (SSSR count). The Bertz CT molecular complexity index is 1240. The Labute approximate surface area is 209 Å². The fourth-order valence-electron chi connectivity index (χ4n) is 6.48. The van der Waals surface area contributed by atoms with Gasteiger partial charge in [-0.1, -0.05) is 36.4 Å². The minimum absolute atomic E-state index is 0.0563. The first-order valence-electron chi connectivity index (χ1n) is 12.8. The van der Waals surface area contributed by atoms with E-state index in [4.69, 9.17) is 0 Å². The number of likely N-dealkylation sites (tertiary alicyclic amines) is 1. The van der Waals surface area contributed by atoms with Crippen molar-refractivity contribution in [2.24, 2.45) is 0 Å². The van der Waals surface area contributed by atoms with Crippen molar-refractivity contribution in [1.29, 1.82) is 0 Å². The van der Waals surface area contributed by atoms with E-state index < -0.39 is 23.7 Å². The summed E-state index contributed by atoms with van der Waals surface area (Å²) < 4.78 is 0. The van der Waals surface area contributed by atoms with Crippen LogP contribution >= 0.6 is 0 Å². The Hall–Kier alpha value is -3.07. The number of hydrogen-bond acceptors (Lipinski definition) is 6. The zero-order valence-electron chi connectivity index (χ0n) is 20.2. The van der Waals surface area contributed by atoms with Crippen molar-refractivity contribution in [2.45, 2.75) is 68.9 Å². The third-order valence-electron chi connectivity index (χ3n) is 8.53. The summed E-state index contributed by atoms with van der Waals surface area (Å²) >= 11 is 0. The van der Waals surface area contributed by atoms with Crippen molar-refractivity contribution in [3.63, 3.8) is 0 Å². The number of carbonyl (C=O) groups excluding carboxylic acids is 3. The van der Waals surface area contributed by atoms with Crippen molar-refractivity contribution in [3.05, 3.63) is 70.3 Å². The van der Waals surface area contributed by atoms with E-state index >= 15 is 0 Å². The average molecular weight is 490 g/mol. The molecule has 2 fully saturated rings. The molecule has 0 radical (unpaired) electrons. The molecule has 1 aliphatic carbocycles. The van der Waals surface area contributed by atoms with Crippen LogP contribution in [0.4, 0.5) is 0 Å². The van der Waals surface area contributed by atoms with Crippen LogP contribution < -0.4 is 5.32 Å². The molecule has 8 heteroatoms. The first-order chi connectivity index (χ1) is 17.3. The second-order valence-corrected chi connectivity index (χ2v) is 10.6. The van der Waals surface area contributed by atoms with E-state index in [1.165, 1.54) is 16.0 Å². The number of imide groups is 1. The summed E-state index contributed by atoms with van der Waals surface area (Å²) in [5.74, 6) is -0.941. The van der Waals surface area contributed by atoms with Crippen LogP contribution in [-0.2, 0) is 28.2 Å². The van der Waals surface area contributed by atoms with Crippen LogP contribution in [0.5, 0.6) is 0 Å². The monoisotopic (exact) mass is 489 g/mol. The van der Waals surface area contributed by atoms with Crippen molar-refractivity contribution < 1.29 is 24.6 Å². The predicted octanol–water partition coefficient (Wildman–Crippen LogP) is 1.78. The highest BCUT2D eigenvalue weighted by Crippen LogP contribution is 2.41. The van der Waals surface area contributed by atoms with Gasteiger partial charge in [0.1, 0.15) is 6.04 Å². The SMILES string of the molecule is O=C1CCC(N2Cc3cc(C4(O)CCN([C@H]5c6ccccc6CC[C@@H]5O)CC4)ccc3C2=O)C(=O)N1. The molecule has 3 amide bonds. The maximum Gasteiger partial charge on any atom is 0.255 e. The zero-order chi connectivity index (χ0) is 25.0. The van der Waals surface area contributed by atoms with Gasteiger partial charge in [-0.3, -0.25) is 24.6 Å². The molecule has 3 N–H and O–H groups in total. The van der Waals surface area contributed by atoms with Crippen molar-refractivity contribution >= 4 is 17.7 Å². The van der Waals surface area contributed by atoms with Gasteiger partial charge in [-0.05, 0) is 60.4 Å². The summed E-state index contributed by atoms with van der Waals surface area (Å²) in [6.45, 7) is 1.61. The summed E-state index contributed by atoms with van der Waals surface area (Å²) in [4.78, 5) is 40.7. The molecular formula is C28H31N3O5. The van der Waals surface area contributed by atoms with Gasteiger partial charge in [-0.25, -0.2) is 0 Å². The van der Waals surface area contributed by atoms with Crippen molar-refractivity contribution in [3.8, 4) is 0 Å². The fourth-order valence-corrected chi connectivity index (χ4v) is 6.48. The topological polar surface area (TPSA) is 110 Å². The maximum absolute atomic E-state index is 13.0. The molecule has 36 heavy (non-hydrogen) atoms. The second kappa shape index (κ2) is 8.80. The highest BCUT2D eigenvalue weighted by Gasteiger charge is 2.42. The Kier molecular flexibility index (Phi) is 5.70. The van der Waals surface area contributed by atoms with Gasteiger partial charge in [-0.2, -0.15) is 0 Å². The van der Waals surface area contributed by atoms with Crippen LogP contribution in [0.15, 0.2) is 42.5 Å². The smallest absolute Gasteiger partial charge is 0.255 e. The molecule has 2 saturated heterocycles. The van der Waals surface area contributed by atoms with Crippen LogP contribution in [0.3, 0.4) is 0 Å². The molecule has 0 aromatic heterocycles. The van der Waals surface area contributed by atoms with Crippen LogP contribution in [0.25, 0.3) is 0 Å². The second-order valence-electron chi connectivity index (χ2n) is 10.6. The number of amides is 3. The van der Waals surface area contributed by atoms with Gasteiger partial charge >= 0.3 is 0 Å². The third-order valence-corrected chi connectivity index (χ3v) is 8.53. The lowest BCUT2D eigenvalue weighted by atomic mass is 9.80. The lowest BCUT2D eigenvalue weighted by Crippen LogP contribution is -2.52. The van der Waals surface area contributed by atoms with Gasteiger partial charge < -0.3 is 15.1 Å². The molecule has 8 nitrogen and oxygen atoms in total. The number of rotatable bonds is 3. The standard InChI is InChI=1S/C28H31N3O5/c32-23-9-5-17-3-1-2-4-20(17)25(23)30-13-11-28(36,12-14-30)19-6-7-21-18(15-19)16-31(27(21)35)22-8-10-24(33)29-26(22)34/h1-4,6-7,15,22-23,25,32,36H,5,8-14,16H2,(H,29,33,34)/t22?,23-,25-/m0/s1. The molecule has 0 spiro atoms. The highest BCUT2D eigenvalue weighted by atomic mass is 16.3. The number of nitrogens with one attached hydrogen (secondary N) is 1. The van der Waals surface area contributed by atoms with Crippen LogP contribution in [0.2, 0.25) is 0 Å². The van der Waals surface area contributed by atoms with Crippen LogP contribution in [0, 0.1) is 0 Å². The van der Waals surface area contributed by atoms with E-state index in [2.05, 4.69) is 22.3 Å². The molecule has 3 heterocycles. The van der Waals surface area contributed by atoms with Crippen LogP contribution in [0.1, 0.15) is 70.8 Å². The fraction of sp³-hybridized carbons (Fsp3) is 0.464. The lowest BCUT2D eigenvalue weighted by Gasteiger charge is -2.45. The molecular weight excluding hydrogens is 458 g/mol. The Morgan fingerprint density at radius 2 is 1.72 bits per heavy atom. The number of aryl methyl sites for hydroxylation is 1. The van der Waals surface area contributed by atoms with E-state index in [0.29, 0.717) is 44.5 Å². The summed E-state index contributed by atoms with van der Waals surface area (Å²) in [7, 11) is 0. The minimum atomic E-state index is -1.02. The Morgan fingerprint density at radius 3 is 2.50 bits per heavy atom. The van der Waals surface area contributed by atoms with Crippen molar-refractivity contribution in [1.82, 2.24) is 15.1 Å². The first kappa shape index (κ1) is 23.3. The van der Waals surface area contributed by atoms with E-state index in [0.717, 1.165) is 24.0 Å². The van der Waals surface area contributed by atoms with Gasteiger partial charge in [0, 0.05) is 31.6 Å². The quantitative estimate of drug-likeness (QED) is 0.567. The van der Waals surface area contributed by atoms with Crippen LogP contribution in [-0.4, -0.2) is 63.0 Å².